The van der Waals surface area contributed by atoms with Crippen LogP contribution in [0.3, 0.4) is 0 Å². The highest BCUT2D eigenvalue weighted by molar-refractivity contribution is 5.18. The normalized spacial score (nSPS) is 47.8. The Morgan fingerprint density at radius 1 is 1.44 bits per heavy atom. The van der Waals surface area contributed by atoms with E-state index < -0.39 is 0 Å². The van der Waals surface area contributed by atoms with Crippen LogP contribution in [0.4, 0.5) is 0 Å². The Bertz CT molecular complexity index is 155. The van der Waals surface area contributed by atoms with Gasteiger partial charge in [-0.25, -0.2) is 0 Å². The molecule has 2 aliphatic rings. The number of allylic oxidation sites excluding steroid dienone is 2. The van der Waals surface area contributed by atoms with Gasteiger partial charge >= 0.3 is 0 Å². The lowest BCUT2D eigenvalue weighted by Gasteiger charge is -2.13. The molecule has 0 aromatic heterocycles. The maximum Gasteiger partial charge on any atom is -0.0174 e. The van der Waals surface area contributed by atoms with Crippen molar-refractivity contribution < 1.29 is 0 Å². The highest BCUT2D eigenvalue weighted by Gasteiger charge is 2.40. The molecule has 2 unspecified atom stereocenters. The maximum absolute atomic E-state index is 2.45. The summed E-state index contributed by atoms with van der Waals surface area (Å²) in [4.78, 5) is 0. The summed E-state index contributed by atoms with van der Waals surface area (Å²) in [6.45, 7) is 4.62. The summed E-state index contributed by atoms with van der Waals surface area (Å²) in [5.41, 5.74) is 1.67. The second-order valence-corrected chi connectivity index (χ2v) is 3.73. The van der Waals surface area contributed by atoms with Crippen molar-refractivity contribution in [2.24, 2.45) is 17.8 Å². The van der Waals surface area contributed by atoms with Gasteiger partial charge in [0.05, 0.1) is 0 Å². The molecule has 0 nitrogen and oxygen atoms in total. The molecule has 0 bridgehead atoms. The van der Waals surface area contributed by atoms with Gasteiger partial charge in [0.25, 0.3) is 0 Å². The third-order valence-electron chi connectivity index (χ3n) is 2.73. The maximum atomic E-state index is 2.45. The number of rotatable bonds is 0. The standard InChI is InChI=1S/C9H14/c1-6-3-7(2)9-5-8(9)4-6/h3,6,8-9H,4-5H2,1-2H3/t6-,8?,9?/m0/s1. The SMILES string of the molecule is CC1=C[C@H](C)CC2CC12. The van der Waals surface area contributed by atoms with E-state index in [1.54, 1.807) is 5.57 Å². The zero-order chi connectivity index (χ0) is 6.43. The molecule has 2 aliphatic carbocycles. The van der Waals surface area contributed by atoms with Gasteiger partial charge in [0.2, 0.25) is 0 Å². The lowest BCUT2D eigenvalue weighted by Crippen LogP contribution is -2.01. The molecule has 0 N–H and O–H groups in total. The molecule has 0 spiro atoms. The Morgan fingerprint density at radius 2 is 2.22 bits per heavy atom. The number of hydrogen-bond acceptors (Lipinski definition) is 0. The molecule has 0 aliphatic heterocycles. The fourth-order valence-corrected chi connectivity index (χ4v) is 2.18. The summed E-state index contributed by atoms with van der Waals surface area (Å²) in [6.07, 6.45) is 5.41. The lowest BCUT2D eigenvalue weighted by atomic mass is 9.93. The monoisotopic (exact) mass is 122 g/mol. The third kappa shape index (κ3) is 0.810. The molecule has 0 aromatic carbocycles. The first-order valence-electron chi connectivity index (χ1n) is 3.95. The lowest BCUT2D eigenvalue weighted by molar-refractivity contribution is 0.539. The van der Waals surface area contributed by atoms with Gasteiger partial charge in [-0.15, -0.1) is 0 Å². The molecule has 3 atom stereocenters. The topological polar surface area (TPSA) is 0 Å². The van der Waals surface area contributed by atoms with E-state index in [1.165, 1.54) is 12.8 Å². The summed E-state index contributed by atoms with van der Waals surface area (Å²) in [5, 5.41) is 0. The minimum absolute atomic E-state index is 0.869. The molecule has 1 fully saturated rings. The Labute approximate surface area is 57.0 Å². The molecular weight excluding hydrogens is 108 g/mol. The molecule has 2 rings (SSSR count). The van der Waals surface area contributed by atoms with E-state index >= 15 is 0 Å². The van der Waals surface area contributed by atoms with Crippen LogP contribution in [0.25, 0.3) is 0 Å². The van der Waals surface area contributed by atoms with Crippen LogP contribution in [0.1, 0.15) is 26.7 Å². The quantitative estimate of drug-likeness (QED) is 0.433. The third-order valence-corrected chi connectivity index (χ3v) is 2.73. The van der Waals surface area contributed by atoms with Gasteiger partial charge < -0.3 is 0 Å². The van der Waals surface area contributed by atoms with Gasteiger partial charge in [-0.3, -0.25) is 0 Å². The van der Waals surface area contributed by atoms with E-state index in [1.807, 2.05) is 0 Å². The molecular formula is C9H14. The van der Waals surface area contributed by atoms with E-state index in [9.17, 15) is 0 Å². The molecule has 0 radical (unpaired) electrons. The van der Waals surface area contributed by atoms with Crippen molar-refractivity contribution in [1.29, 1.82) is 0 Å². The predicted octanol–water partition coefficient (Wildman–Crippen LogP) is 2.61. The van der Waals surface area contributed by atoms with Crippen LogP contribution in [0.5, 0.6) is 0 Å². The van der Waals surface area contributed by atoms with Gasteiger partial charge in [0.1, 0.15) is 0 Å². The zero-order valence-electron chi connectivity index (χ0n) is 6.22. The summed E-state index contributed by atoms with van der Waals surface area (Å²) >= 11 is 0. The van der Waals surface area contributed by atoms with E-state index in [-0.39, 0.29) is 0 Å². The summed E-state index contributed by atoms with van der Waals surface area (Å²) in [7, 11) is 0. The van der Waals surface area contributed by atoms with Crippen molar-refractivity contribution in [1.82, 2.24) is 0 Å². The fraction of sp³-hybridized carbons (Fsp3) is 0.778. The van der Waals surface area contributed by atoms with Crippen molar-refractivity contribution in [3.63, 3.8) is 0 Å². The van der Waals surface area contributed by atoms with Crippen LogP contribution in [0.2, 0.25) is 0 Å². The van der Waals surface area contributed by atoms with Crippen LogP contribution in [-0.4, -0.2) is 0 Å². The first-order chi connectivity index (χ1) is 4.27. The minimum atomic E-state index is 0.869. The molecule has 0 aromatic rings. The van der Waals surface area contributed by atoms with Crippen LogP contribution in [-0.2, 0) is 0 Å². The molecule has 0 heterocycles. The van der Waals surface area contributed by atoms with Crippen molar-refractivity contribution >= 4 is 0 Å². The van der Waals surface area contributed by atoms with Crippen molar-refractivity contribution in [3.05, 3.63) is 11.6 Å². The van der Waals surface area contributed by atoms with Crippen molar-refractivity contribution in [2.45, 2.75) is 26.7 Å². The minimum Gasteiger partial charge on any atom is -0.0825 e. The molecule has 9 heavy (non-hydrogen) atoms. The predicted molar refractivity (Wildman–Crippen MR) is 39.1 cm³/mol. The Kier molecular flexibility index (Phi) is 0.992. The van der Waals surface area contributed by atoms with Gasteiger partial charge in [-0.05, 0) is 37.5 Å². The molecule has 50 valence electrons. The van der Waals surface area contributed by atoms with E-state index in [0.717, 1.165) is 17.8 Å². The van der Waals surface area contributed by atoms with E-state index in [2.05, 4.69) is 19.9 Å². The average molecular weight is 122 g/mol. The zero-order valence-corrected chi connectivity index (χ0v) is 6.22. The van der Waals surface area contributed by atoms with Gasteiger partial charge in [-0.2, -0.15) is 0 Å². The average Bonchev–Trinajstić information content (AvgIpc) is 2.43. The number of hydrogen-bond donors (Lipinski definition) is 0. The summed E-state index contributed by atoms with van der Waals surface area (Å²) < 4.78 is 0. The number of fused-ring (bicyclic) bond motifs is 1. The van der Waals surface area contributed by atoms with E-state index in [0.29, 0.717) is 0 Å². The van der Waals surface area contributed by atoms with Crippen LogP contribution in [0.15, 0.2) is 11.6 Å². The van der Waals surface area contributed by atoms with Crippen molar-refractivity contribution in [3.8, 4) is 0 Å². The first-order valence-corrected chi connectivity index (χ1v) is 3.95. The smallest absolute Gasteiger partial charge is 0.0174 e. The van der Waals surface area contributed by atoms with Gasteiger partial charge in [0.15, 0.2) is 0 Å². The molecule has 0 saturated heterocycles. The Morgan fingerprint density at radius 3 is 2.89 bits per heavy atom. The Hall–Kier alpha value is -0.260. The van der Waals surface area contributed by atoms with Crippen LogP contribution in [0, 0.1) is 17.8 Å². The van der Waals surface area contributed by atoms with Gasteiger partial charge in [-0.1, -0.05) is 18.6 Å². The van der Waals surface area contributed by atoms with Gasteiger partial charge in [0, 0.05) is 0 Å². The molecule has 0 amide bonds. The molecule has 0 heteroatoms. The fourth-order valence-electron chi connectivity index (χ4n) is 2.18. The second-order valence-electron chi connectivity index (χ2n) is 3.73. The second kappa shape index (κ2) is 1.62. The van der Waals surface area contributed by atoms with Crippen molar-refractivity contribution in [2.75, 3.05) is 0 Å². The van der Waals surface area contributed by atoms with Crippen LogP contribution >= 0.6 is 0 Å². The summed E-state index contributed by atoms with van der Waals surface area (Å²) in [5.74, 6) is 2.97. The highest BCUT2D eigenvalue weighted by Crippen LogP contribution is 2.51. The first kappa shape index (κ1) is 5.52. The summed E-state index contributed by atoms with van der Waals surface area (Å²) in [6, 6.07) is 0. The Balaban J connectivity index is 2.18. The van der Waals surface area contributed by atoms with E-state index in [4.69, 9.17) is 0 Å². The largest absolute Gasteiger partial charge is 0.0825 e. The molecule has 1 saturated carbocycles. The van der Waals surface area contributed by atoms with Crippen LogP contribution < -0.4 is 0 Å². The highest BCUT2D eigenvalue weighted by atomic mass is 14.5.